The molecule has 2 unspecified atom stereocenters. The molecule has 1 aromatic carbocycles. The van der Waals surface area contributed by atoms with Gasteiger partial charge < -0.3 is 10.4 Å². The highest BCUT2D eigenvalue weighted by molar-refractivity contribution is 7.84. The van der Waals surface area contributed by atoms with Crippen molar-refractivity contribution < 1.29 is 23.4 Å². The van der Waals surface area contributed by atoms with Crippen LogP contribution < -0.4 is 5.32 Å². The third-order valence-electron chi connectivity index (χ3n) is 2.66. The molecular formula is C11H13FN2O5S. The normalized spacial score (nSPS) is 13.6. The van der Waals surface area contributed by atoms with Gasteiger partial charge in [0.25, 0.3) is 5.69 Å². The third kappa shape index (κ3) is 3.73. The van der Waals surface area contributed by atoms with Gasteiger partial charge in [-0.15, -0.1) is 0 Å². The number of carboxylic acids is 1. The fourth-order valence-electron chi connectivity index (χ4n) is 1.39. The fraction of sp³-hybridized carbons (Fsp3) is 0.364. The van der Waals surface area contributed by atoms with Gasteiger partial charge in [-0.3, -0.25) is 14.3 Å². The Bertz CT molecular complexity index is 578. The highest BCUT2D eigenvalue weighted by Gasteiger charge is 2.22. The molecule has 0 aromatic heterocycles. The number of nitro benzene ring substituents is 1. The van der Waals surface area contributed by atoms with Gasteiger partial charge in [0, 0.05) is 41.0 Å². The lowest BCUT2D eigenvalue weighted by atomic mass is 10.1. The van der Waals surface area contributed by atoms with E-state index in [9.17, 15) is 23.5 Å². The lowest BCUT2D eigenvalue weighted by Crippen LogP contribution is -2.21. The topological polar surface area (TPSA) is 110 Å². The van der Waals surface area contributed by atoms with Gasteiger partial charge in [0.1, 0.15) is 17.1 Å². The minimum absolute atomic E-state index is 0.135. The molecule has 1 rings (SSSR count). The van der Waals surface area contributed by atoms with E-state index in [1.165, 1.54) is 6.26 Å². The van der Waals surface area contributed by atoms with Crippen molar-refractivity contribution in [3.63, 3.8) is 0 Å². The van der Waals surface area contributed by atoms with E-state index in [-0.39, 0.29) is 17.5 Å². The van der Waals surface area contributed by atoms with Crippen molar-refractivity contribution in [2.75, 3.05) is 18.1 Å². The second-order valence-electron chi connectivity index (χ2n) is 4.10. The van der Waals surface area contributed by atoms with E-state index in [0.717, 1.165) is 6.07 Å². The van der Waals surface area contributed by atoms with E-state index < -0.39 is 38.8 Å². The quantitative estimate of drug-likeness (QED) is 0.610. The first kappa shape index (κ1) is 16.0. The molecule has 0 amide bonds. The third-order valence-corrected chi connectivity index (χ3v) is 3.96. The first-order valence-electron chi connectivity index (χ1n) is 5.51. The van der Waals surface area contributed by atoms with E-state index in [4.69, 9.17) is 5.11 Å². The molecule has 7 nitrogen and oxygen atoms in total. The molecule has 1 aromatic rings. The molecule has 0 spiro atoms. The maximum absolute atomic E-state index is 13.5. The van der Waals surface area contributed by atoms with Crippen molar-refractivity contribution in [3.8, 4) is 0 Å². The number of hydrogen-bond donors (Lipinski definition) is 2. The predicted octanol–water partition coefficient (Wildman–Crippen LogP) is 1.61. The maximum Gasteiger partial charge on any atom is 0.338 e. The van der Waals surface area contributed by atoms with E-state index >= 15 is 0 Å². The van der Waals surface area contributed by atoms with Crippen LogP contribution in [0.15, 0.2) is 12.1 Å². The average molecular weight is 304 g/mol. The standard InChI is InChI=1S/C11H13FN2O5S/c1-6(20(2)19)5-13-9-4-8(12)7(11(15)16)3-10(9)14(17)18/h3-4,6,13H,5H2,1-2H3,(H,15,16). The number of rotatable bonds is 6. The lowest BCUT2D eigenvalue weighted by Gasteiger charge is -2.12. The number of nitro groups is 1. The zero-order valence-electron chi connectivity index (χ0n) is 10.8. The molecule has 2 atom stereocenters. The second-order valence-corrected chi connectivity index (χ2v) is 5.90. The summed E-state index contributed by atoms with van der Waals surface area (Å²) >= 11 is 0. The molecule has 110 valence electrons. The summed E-state index contributed by atoms with van der Waals surface area (Å²) in [7, 11) is -1.14. The van der Waals surface area contributed by atoms with Crippen molar-refractivity contribution in [1.29, 1.82) is 0 Å². The van der Waals surface area contributed by atoms with E-state index in [1.807, 2.05) is 0 Å². The Hall–Kier alpha value is -2.03. The second kappa shape index (κ2) is 6.42. The van der Waals surface area contributed by atoms with Crippen LogP contribution in [0, 0.1) is 15.9 Å². The molecule has 0 saturated carbocycles. The zero-order chi connectivity index (χ0) is 15.4. The first-order valence-corrected chi connectivity index (χ1v) is 7.13. The highest BCUT2D eigenvalue weighted by Crippen LogP contribution is 2.28. The molecule has 0 saturated heterocycles. The highest BCUT2D eigenvalue weighted by atomic mass is 32.2. The Morgan fingerprint density at radius 3 is 2.65 bits per heavy atom. The van der Waals surface area contributed by atoms with Crippen LogP contribution in [0.3, 0.4) is 0 Å². The largest absolute Gasteiger partial charge is 0.478 e. The van der Waals surface area contributed by atoms with Gasteiger partial charge >= 0.3 is 5.97 Å². The Balaban J connectivity index is 3.12. The Kier molecular flexibility index (Phi) is 5.14. The molecule has 2 N–H and O–H groups in total. The molecule has 0 radical (unpaired) electrons. The number of carbonyl (C=O) groups is 1. The summed E-state index contributed by atoms with van der Waals surface area (Å²) < 4.78 is 24.7. The molecule has 0 bridgehead atoms. The van der Waals surface area contributed by atoms with Gasteiger partial charge in [0.15, 0.2) is 0 Å². The van der Waals surface area contributed by atoms with Crippen LogP contribution in [-0.2, 0) is 10.8 Å². The summed E-state index contributed by atoms with van der Waals surface area (Å²) in [6, 6.07) is 1.42. The number of aromatic carboxylic acids is 1. The van der Waals surface area contributed by atoms with Crippen LogP contribution in [0.2, 0.25) is 0 Å². The summed E-state index contributed by atoms with van der Waals surface area (Å²) in [4.78, 5) is 20.8. The van der Waals surface area contributed by atoms with E-state index in [2.05, 4.69) is 5.32 Å². The summed E-state index contributed by atoms with van der Waals surface area (Å²) in [6.45, 7) is 1.80. The van der Waals surface area contributed by atoms with Crippen molar-refractivity contribution in [2.45, 2.75) is 12.2 Å². The summed E-state index contributed by atoms with van der Waals surface area (Å²) in [5.74, 6) is -2.66. The van der Waals surface area contributed by atoms with Gasteiger partial charge in [0.05, 0.1) is 4.92 Å². The van der Waals surface area contributed by atoms with E-state index in [1.54, 1.807) is 6.92 Å². The number of halogens is 1. The molecule has 20 heavy (non-hydrogen) atoms. The van der Waals surface area contributed by atoms with Crippen molar-refractivity contribution in [3.05, 3.63) is 33.6 Å². The molecular weight excluding hydrogens is 291 g/mol. The van der Waals surface area contributed by atoms with Crippen LogP contribution in [0.5, 0.6) is 0 Å². The molecule has 0 aliphatic carbocycles. The van der Waals surface area contributed by atoms with Crippen molar-refractivity contribution in [1.82, 2.24) is 0 Å². The Labute approximate surface area is 116 Å². The Morgan fingerprint density at radius 1 is 1.60 bits per heavy atom. The van der Waals surface area contributed by atoms with Crippen LogP contribution >= 0.6 is 0 Å². The summed E-state index contributed by atoms with van der Waals surface area (Å²) in [5, 5.41) is 21.9. The van der Waals surface area contributed by atoms with Gasteiger partial charge in [-0.25, -0.2) is 9.18 Å². The van der Waals surface area contributed by atoms with Crippen LogP contribution in [-0.4, -0.2) is 38.3 Å². The summed E-state index contributed by atoms with van der Waals surface area (Å²) in [6.07, 6.45) is 1.48. The van der Waals surface area contributed by atoms with Gasteiger partial charge in [-0.1, -0.05) is 0 Å². The lowest BCUT2D eigenvalue weighted by molar-refractivity contribution is -0.384. The minimum atomic E-state index is -1.58. The predicted molar refractivity (Wildman–Crippen MR) is 72.0 cm³/mol. The number of carboxylic acid groups (broad SMARTS) is 1. The molecule has 0 heterocycles. The van der Waals surface area contributed by atoms with Crippen LogP contribution in [0.1, 0.15) is 17.3 Å². The van der Waals surface area contributed by atoms with E-state index in [0.29, 0.717) is 6.07 Å². The van der Waals surface area contributed by atoms with Crippen LogP contribution in [0.4, 0.5) is 15.8 Å². The molecule has 9 heteroatoms. The van der Waals surface area contributed by atoms with Gasteiger partial charge in [0.2, 0.25) is 0 Å². The van der Waals surface area contributed by atoms with Gasteiger partial charge in [-0.05, 0) is 6.92 Å². The maximum atomic E-state index is 13.5. The average Bonchev–Trinajstić information content (AvgIpc) is 2.34. The monoisotopic (exact) mass is 304 g/mol. The molecule has 0 aliphatic rings. The summed E-state index contributed by atoms with van der Waals surface area (Å²) in [5.41, 5.74) is -1.46. The van der Waals surface area contributed by atoms with Gasteiger partial charge in [-0.2, -0.15) is 0 Å². The number of anilines is 1. The Morgan fingerprint density at radius 2 is 2.20 bits per heavy atom. The number of nitrogens with zero attached hydrogens (tertiary/aromatic N) is 1. The smallest absolute Gasteiger partial charge is 0.338 e. The first-order chi connectivity index (χ1) is 9.23. The molecule has 0 fully saturated rings. The number of hydrogen-bond acceptors (Lipinski definition) is 5. The van der Waals surface area contributed by atoms with Crippen LogP contribution in [0.25, 0.3) is 0 Å². The molecule has 0 aliphatic heterocycles. The minimum Gasteiger partial charge on any atom is -0.478 e. The zero-order valence-corrected chi connectivity index (χ0v) is 11.6. The van der Waals surface area contributed by atoms with Crippen molar-refractivity contribution in [2.24, 2.45) is 0 Å². The number of benzene rings is 1. The fourth-order valence-corrected chi connectivity index (χ4v) is 1.71. The van der Waals surface area contributed by atoms with Crippen molar-refractivity contribution >= 4 is 28.1 Å². The SMILES string of the molecule is CC(CNc1cc(F)c(C(=O)O)cc1[N+](=O)[O-])S(C)=O. The number of nitrogens with one attached hydrogen (secondary N) is 1.